The van der Waals surface area contributed by atoms with E-state index in [0.29, 0.717) is 44.9 Å². The summed E-state index contributed by atoms with van der Waals surface area (Å²) in [6, 6.07) is 0. The lowest BCUT2D eigenvalue weighted by atomic mass is 9.33. The van der Waals surface area contributed by atoms with E-state index < -0.39 is 237 Å². The van der Waals surface area contributed by atoms with Crippen LogP contribution in [0.5, 0.6) is 0 Å². The van der Waals surface area contributed by atoms with Crippen LogP contribution in [0.3, 0.4) is 0 Å². The molecule has 0 radical (unpaired) electrons. The van der Waals surface area contributed by atoms with Gasteiger partial charge in [0.2, 0.25) is 0 Å². The fraction of sp³-hybridized carbons (Fsp3) is 0.906. The van der Waals surface area contributed by atoms with Gasteiger partial charge in [-0.2, -0.15) is 0 Å². The monoisotopic (exact) mass is 1360 g/mol. The minimum absolute atomic E-state index is 0.00760. The zero-order valence-corrected chi connectivity index (χ0v) is 55.2. The molecule has 10 aliphatic rings. The highest BCUT2D eigenvalue weighted by Gasteiger charge is 2.71. The van der Waals surface area contributed by atoms with Crippen molar-refractivity contribution >= 4 is 23.9 Å². The molecule has 0 aromatic heterocycles. The Hall–Kier alpha value is -3.30. The van der Waals surface area contributed by atoms with E-state index in [0.717, 1.165) is 20.8 Å². The van der Waals surface area contributed by atoms with Gasteiger partial charge < -0.3 is 133 Å². The molecule has 34 unspecified atom stereocenters. The van der Waals surface area contributed by atoms with Crippen molar-refractivity contribution in [3.05, 3.63) is 11.6 Å². The molecule has 9 fully saturated rings. The average Bonchev–Trinajstić information content (AvgIpc) is 0.674. The molecule has 5 aliphatic carbocycles. The molecule has 542 valence electrons. The quantitative estimate of drug-likeness (QED) is 0.0305. The average molecular weight is 1370 g/mol. The molecule has 4 saturated carbocycles. The van der Waals surface area contributed by atoms with Gasteiger partial charge in [-0.05, 0) is 90.8 Å². The maximum atomic E-state index is 12.7. The van der Waals surface area contributed by atoms with Crippen LogP contribution in [-0.2, 0) is 80.8 Å². The van der Waals surface area contributed by atoms with Crippen LogP contribution in [-0.4, -0.2) is 288 Å². The largest absolute Gasteiger partial charge is 0.479 e. The van der Waals surface area contributed by atoms with E-state index >= 15 is 0 Å². The Bertz CT molecular complexity index is 2770. The number of fused-ring (bicyclic) bond motifs is 7. The summed E-state index contributed by atoms with van der Waals surface area (Å²) in [4.78, 5) is 49.5. The molecule has 5 heterocycles. The van der Waals surface area contributed by atoms with Crippen molar-refractivity contribution in [1.82, 2.24) is 0 Å². The van der Waals surface area contributed by atoms with Crippen molar-refractivity contribution in [2.75, 3.05) is 33.0 Å². The number of aliphatic carboxylic acids is 1. The molecular formula is C64H100O31. The lowest BCUT2D eigenvalue weighted by molar-refractivity contribution is -0.397. The molecule has 5 aliphatic heterocycles. The summed E-state index contributed by atoms with van der Waals surface area (Å²) in [6.45, 7) is 15.1. The predicted molar refractivity (Wildman–Crippen MR) is 315 cm³/mol. The van der Waals surface area contributed by atoms with Gasteiger partial charge in [0.05, 0.1) is 51.3 Å². The van der Waals surface area contributed by atoms with E-state index in [2.05, 4.69) is 33.8 Å². The number of rotatable bonds is 17. The third-order valence-corrected chi connectivity index (χ3v) is 24.1. The zero-order chi connectivity index (χ0) is 69.7. The van der Waals surface area contributed by atoms with Crippen molar-refractivity contribution in [3.63, 3.8) is 0 Å². The highest BCUT2D eigenvalue weighted by atomic mass is 16.8. The van der Waals surface area contributed by atoms with E-state index in [1.165, 1.54) is 5.57 Å². The van der Waals surface area contributed by atoms with Crippen LogP contribution in [0.4, 0.5) is 0 Å². The minimum Gasteiger partial charge on any atom is -0.479 e. The van der Waals surface area contributed by atoms with Crippen LogP contribution < -0.4 is 0 Å². The predicted octanol–water partition coefficient (Wildman–Crippen LogP) is -2.71. The summed E-state index contributed by atoms with van der Waals surface area (Å²) in [6.07, 6.45) is -37.0. The summed E-state index contributed by atoms with van der Waals surface area (Å²) in [5.74, 6) is -4.47. The highest BCUT2D eigenvalue weighted by molar-refractivity contribution is 5.73. The Labute approximate surface area is 549 Å². The van der Waals surface area contributed by atoms with E-state index in [1.54, 1.807) is 0 Å². The molecule has 31 heteroatoms. The van der Waals surface area contributed by atoms with Gasteiger partial charge >= 0.3 is 23.9 Å². The molecule has 0 aromatic carbocycles. The van der Waals surface area contributed by atoms with Gasteiger partial charge in [0.15, 0.2) is 55.9 Å². The van der Waals surface area contributed by atoms with Gasteiger partial charge in [0.25, 0.3) is 0 Å². The normalized spacial score (nSPS) is 51.3. The number of allylic oxidation sites excluding steroid dienone is 2. The van der Waals surface area contributed by atoms with Crippen molar-refractivity contribution < 1.29 is 152 Å². The first-order chi connectivity index (χ1) is 44.5. The third-order valence-electron chi connectivity index (χ3n) is 24.1. The molecule has 10 rings (SSSR count). The second kappa shape index (κ2) is 27.9. The molecule has 5 saturated heterocycles. The lowest BCUT2D eigenvalue weighted by Gasteiger charge is -2.72. The van der Waals surface area contributed by atoms with Gasteiger partial charge in [-0.1, -0.05) is 60.1 Å². The molecular weight excluding hydrogens is 1260 g/mol. The van der Waals surface area contributed by atoms with Gasteiger partial charge in [0.1, 0.15) is 85.5 Å². The highest BCUT2D eigenvalue weighted by Crippen LogP contribution is 2.76. The van der Waals surface area contributed by atoms with Crippen molar-refractivity contribution in [3.8, 4) is 0 Å². The Morgan fingerprint density at radius 2 is 1.09 bits per heavy atom. The summed E-state index contributed by atoms with van der Waals surface area (Å²) in [5, 5.41) is 156. The van der Waals surface area contributed by atoms with Gasteiger partial charge in [-0.3, -0.25) is 14.4 Å². The number of esters is 3. The number of ether oxygens (including phenoxy) is 13. The van der Waals surface area contributed by atoms with E-state index in [9.17, 15) is 90.7 Å². The van der Waals surface area contributed by atoms with E-state index in [4.69, 9.17) is 61.6 Å². The molecule has 14 N–H and O–H groups in total. The second-order valence-corrected chi connectivity index (χ2v) is 30.1. The smallest absolute Gasteiger partial charge is 0.335 e. The number of aliphatic hydroxyl groups excluding tert-OH is 13. The molecule has 0 spiro atoms. The molecule has 0 amide bonds. The van der Waals surface area contributed by atoms with E-state index in [-0.39, 0.29) is 36.2 Å². The van der Waals surface area contributed by atoms with Gasteiger partial charge in [0, 0.05) is 31.6 Å². The number of carbonyl (C=O) groups is 4. The number of carbonyl (C=O) groups excluding carboxylic acids is 3. The summed E-state index contributed by atoms with van der Waals surface area (Å²) in [7, 11) is 0. The first-order valence-electron chi connectivity index (χ1n) is 33.0. The lowest BCUT2D eigenvalue weighted by Crippen LogP contribution is -2.69. The van der Waals surface area contributed by atoms with Crippen LogP contribution >= 0.6 is 0 Å². The first kappa shape index (κ1) is 74.4. The number of hydrogen-bond donors (Lipinski definition) is 14. The van der Waals surface area contributed by atoms with Crippen LogP contribution in [0.1, 0.15) is 121 Å². The number of aliphatic hydroxyl groups is 13. The summed E-state index contributed by atoms with van der Waals surface area (Å²) < 4.78 is 77.5. The van der Waals surface area contributed by atoms with Gasteiger partial charge in [-0.15, -0.1) is 0 Å². The zero-order valence-electron chi connectivity index (χ0n) is 55.2. The Kier molecular flexibility index (Phi) is 21.9. The number of carboxylic acids is 1. The molecule has 0 bridgehead atoms. The topological polar surface area (TPSA) is 471 Å². The number of hydrogen-bond acceptors (Lipinski definition) is 30. The Balaban J connectivity index is 0.887. The first-order valence-corrected chi connectivity index (χ1v) is 33.0. The van der Waals surface area contributed by atoms with E-state index in [1.807, 2.05) is 20.8 Å². The van der Waals surface area contributed by atoms with Crippen LogP contribution in [0.2, 0.25) is 0 Å². The Morgan fingerprint density at radius 3 is 1.71 bits per heavy atom. The molecule has 31 nitrogen and oxygen atoms in total. The van der Waals surface area contributed by atoms with Crippen LogP contribution in [0, 0.1) is 50.2 Å². The maximum absolute atomic E-state index is 12.7. The number of carboxylic acid groups (broad SMARTS) is 1. The fourth-order valence-electron chi connectivity index (χ4n) is 18.6. The summed E-state index contributed by atoms with van der Waals surface area (Å²) in [5.41, 5.74) is -2.72. The Morgan fingerprint density at radius 1 is 0.526 bits per heavy atom. The molecule has 95 heavy (non-hydrogen) atoms. The SMILES string of the molecule is CC(=O)OC1COC(OC2C(O)COC(OC3C(O)C(C)(C)CC4C5=CCC6C7(C)CCC(OC8OC(C(=O)O)C(O)C(O)C8OC8OC(CO)C(O)C(O)C8OC8OC(CO)C(O)C(O)C8O)C(C)(CO)C7CCC6(C)C5(C)CCC43C)C2O)C(OC(C)=O)C1OC(C)=O. The molecule has 34 atom stereocenters. The van der Waals surface area contributed by atoms with Crippen molar-refractivity contribution in [2.24, 2.45) is 50.2 Å². The van der Waals surface area contributed by atoms with Crippen LogP contribution in [0.15, 0.2) is 11.6 Å². The minimum atomic E-state index is -2.18. The standard InChI is InChI=1S/C64H100O31/c1-25(68)85-33-23-84-56(50(87-27(3)70)46(33)86-26(2)69)91-45-30(71)22-83-54(44(45)79)95-52-51(80)59(4,5)19-29-28-11-12-35-61(7)15-14-36(62(8,24-67)34(61)13-16-64(35,10)63(28,9)18-17-60(29,52)6)90-58-49(42(77)41(76)47(92-58)53(81)82)94-57-48(40(75)38(73)32(21-66)89-57)93-55-43(78)39(74)37(72)31(20-65)88-55/h11,29-52,54-58,65-67,71-80H,12-24H2,1-10H3,(H,81,82). The maximum Gasteiger partial charge on any atom is 0.335 e. The fourth-order valence-corrected chi connectivity index (χ4v) is 18.6. The van der Waals surface area contributed by atoms with Crippen molar-refractivity contribution in [2.45, 2.75) is 280 Å². The second-order valence-electron chi connectivity index (χ2n) is 30.1. The van der Waals surface area contributed by atoms with Crippen LogP contribution in [0.25, 0.3) is 0 Å². The van der Waals surface area contributed by atoms with Crippen molar-refractivity contribution in [1.29, 1.82) is 0 Å². The summed E-state index contributed by atoms with van der Waals surface area (Å²) >= 11 is 0. The van der Waals surface area contributed by atoms with Gasteiger partial charge in [-0.25, -0.2) is 4.79 Å². The molecule has 0 aromatic rings. The third kappa shape index (κ3) is 13.1.